The Morgan fingerprint density at radius 1 is 1.24 bits per heavy atom. The van der Waals surface area contributed by atoms with Crippen LogP contribution in [-0.4, -0.2) is 32.0 Å². The molecular formula is C14H20N6O. The molecular weight excluding hydrogens is 268 g/mol. The SMILES string of the molecule is Cc1nn(C)c(C)c1NC(=O)c1nn(C)c2c1CNCC2. The summed E-state index contributed by atoms with van der Waals surface area (Å²) in [5, 5.41) is 14.9. The molecule has 2 aromatic heterocycles. The molecule has 2 aromatic rings. The molecule has 0 radical (unpaired) electrons. The van der Waals surface area contributed by atoms with Gasteiger partial charge in [0.05, 0.1) is 17.1 Å². The number of hydrogen-bond acceptors (Lipinski definition) is 4. The van der Waals surface area contributed by atoms with Crippen LogP contribution >= 0.6 is 0 Å². The first-order valence-electron chi connectivity index (χ1n) is 7.06. The average Bonchev–Trinajstić information content (AvgIpc) is 2.92. The number of rotatable bonds is 2. The molecule has 0 fully saturated rings. The van der Waals surface area contributed by atoms with Gasteiger partial charge >= 0.3 is 0 Å². The van der Waals surface area contributed by atoms with Crippen molar-refractivity contribution in [1.82, 2.24) is 24.9 Å². The number of carbonyl (C=O) groups excluding carboxylic acids is 1. The molecule has 112 valence electrons. The molecule has 0 spiro atoms. The molecule has 7 nitrogen and oxygen atoms in total. The van der Waals surface area contributed by atoms with Crippen LogP contribution < -0.4 is 10.6 Å². The van der Waals surface area contributed by atoms with Gasteiger partial charge in [-0.1, -0.05) is 0 Å². The van der Waals surface area contributed by atoms with Crippen molar-refractivity contribution in [3.63, 3.8) is 0 Å². The molecule has 1 aliphatic rings. The van der Waals surface area contributed by atoms with Gasteiger partial charge in [0, 0.05) is 44.9 Å². The van der Waals surface area contributed by atoms with Crippen molar-refractivity contribution in [3.05, 3.63) is 28.3 Å². The van der Waals surface area contributed by atoms with Crippen LogP contribution in [0.25, 0.3) is 0 Å². The predicted octanol–water partition coefficient (Wildman–Crippen LogP) is 0.668. The minimum absolute atomic E-state index is 0.172. The Kier molecular flexibility index (Phi) is 3.29. The van der Waals surface area contributed by atoms with Crippen molar-refractivity contribution in [2.24, 2.45) is 14.1 Å². The van der Waals surface area contributed by atoms with Gasteiger partial charge in [0.2, 0.25) is 0 Å². The van der Waals surface area contributed by atoms with Crippen molar-refractivity contribution in [1.29, 1.82) is 0 Å². The number of amides is 1. The lowest BCUT2D eigenvalue weighted by Gasteiger charge is -2.14. The summed E-state index contributed by atoms with van der Waals surface area (Å²) in [6, 6.07) is 0. The maximum absolute atomic E-state index is 12.6. The predicted molar refractivity (Wildman–Crippen MR) is 79.3 cm³/mol. The first-order valence-corrected chi connectivity index (χ1v) is 7.06. The monoisotopic (exact) mass is 288 g/mol. The molecule has 1 aliphatic heterocycles. The van der Waals surface area contributed by atoms with Crippen molar-refractivity contribution in [2.45, 2.75) is 26.8 Å². The summed E-state index contributed by atoms with van der Waals surface area (Å²) in [7, 11) is 3.76. The van der Waals surface area contributed by atoms with E-state index >= 15 is 0 Å². The Labute approximate surface area is 123 Å². The summed E-state index contributed by atoms with van der Waals surface area (Å²) < 4.78 is 3.58. The molecule has 0 saturated heterocycles. The van der Waals surface area contributed by atoms with Crippen LogP contribution in [0.2, 0.25) is 0 Å². The number of fused-ring (bicyclic) bond motifs is 1. The molecule has 0 aliphatic carbocycles. The Hall–Kier alpha value is -2.15. The standard InChI is InChI=1S/C14H20N6O/c1-8-12(9(2)19(3)17-8)16-14(21)13-10-7-15-6-5-11(10)20(4)18-13/h15H,5-7H2,1-4H3,(H,16,21). The largest absolute Gasteiger partial charge is 0.317 e. The maximum Gasteiger partial charge on any atom is 0.276 e. The van der Waals surface area contributed by atoms with E-state index in [-0.39, 0.29) is 5.91 Å². The number of nitrogens with zero attached hydrogens (tertiary/aromatic N) is 4. The molecule has 3 rings (SSSR count). The van der Waals surface area contributed by atoms with Crippen LogP contribution in [0, 0.1) is 13.8 Å². The van der Waals surface area contributed by atoms with Crippen molar-refractivity contribution in [2.75, 3.05) is 11.9 Å². The van der Waals surface area contributed by atoms with Crippen LogP contribution in [-0.2, 0) is 27.1 Å². The van der Waals surface area contributed by atoms with Gasteiger partial charge in [0.15, 0.2) is 5.69 Å². The van der Waals surface area contributed by atoms with E-state index in [1.165, 1.54) is 0 Å². The van der Waals surface area contributed by atoms with Crippen LogP contribution in [0.4, 0.5) is 5.69 Å². The smallest absolute Gasteiger partial charge is 0.276 e. The van der Waals surface area contributed by atoms with Crippen LogP contribution in [0.1, 0.15) is 33.1 Å². The van der Waals surface area contributed by atoms with Gasteiger partial charge in [-0.3, -0.25) is 14.2 Å². The Bertz CT molecular complexity index is 712. The third-order valence-corrected chi connectivity index (χ3v) is 4.08. The number of aromatic nitrogens is 4. The molecule has 1 amide bonds. The minimum Gasteiger partial charge on any atom is -0.317 e. The van der Waals surface area contributed by atoms with Gasteiger partial charge in [0.1, 0.15) is 0 Å². The topological polar surface area (TPSA) is 76.8 Å². The summed E-state index contributed by atoms with van der Waals surface area (Å²) >= 11 is 0. The normalized spacial score (nSPS) is 14.1. The second-order valence-electron chi connectivity index (χ2n) is 5.45. The first kappa shape index (κ1) is 13.8. The van der Waals surface area contributed by atoms with Gasteiger partial charge in [-0.2, -0.15) is 10.2 Å². The summed E-state index contributed by atoms with van der Waals surface area (Å²) in [6.45, 7) is 5.44. The zero-order valence-electron chi connectivity index (χ0n) is 12.8. The van der Waals surface area contributed by atoms with Gasteiger partial charge in [-0.25, -0.2) is 0 Å². The number of hydrogen-bond donors (Lipinski definition) is 2. The first-order chi connectivity index (χ1) is 9.99. The lowest BCUT2D eigenvalue weighted by Crippen LogP contribution is -2.26. The zero-order chi connectivity index (χ0) is 15.1. The highest BCUT2D eigenvalue weighted by molar-refractivity contribution is 6.04. The summed E-state index contributed by atoms with van der Waals surface area (Å²) in [6.07, 6.45) is 0.900. The van der Waals surface area contributed by atoms with Gasteiger partial charge in [0.25, 0.3) is 5.91 Å². The highest BCUT2D eigenvalue weighted by atomic mass is 16.2. The summed E-state index contributed by atoms with van der Waals surface area (Å²) in [5.41, 5.74) is 5.15. The van der Waals surface area contributed by atoms with Gasteiger partial charge < -0.3 is 10.6 Å². The van der Waals surface area contributed by atoms with Crippen LogP contribution in [0.5, 0.6) is 0 Å². The molecule has 7 heteroatoms. The molecule has 3 heterocycles. The third kappa shape index (κ3) is 2.23. The molecule has 0 unspecified atom stereocenters. The third-order valence-electron chi connectivity index (χ3n) is 4.08. The van der Waals surface area contributed by atoms with Crippen LogP contribution in [0.15, 0.2) is 0 Å². The summed E-state index contributed by atoms with van der Waals surface area (Å²) in [4.78, 5) is 12.6. The van der Waals surface area contributed by atoms with E-state index in [1.54, 1.807) is 4.68 Å². The van der Waals surface area contributed by atoms with E-state index in [0.717, 1.165) is 41.3 Å². The molecule has 21 heavy (non-hydrogen) atoms. The maximum atomic E-state index is 12.6. The van der Waals surface area contributed by atoms with E-state index < -0.39 is 0 Å². The Balaban J connectivity index is 1.93. The highest BCUT2D eigenvalue weighted by Crippen LogP contribution is 2.22. The average molecular weight is 288 g/mol. The highest BCUT2D eigenvalue weighted by Gasteiger charge is 2.24. The number of carbonyl (C=O) groups is 1. The molecule has 0 atom stereocenters. The van der Waals surface area contributed by atoms with E-state index in [9.17, 15) is 4.79 Å². The fourth-order valence-electron chi connectivity index (χ4n) is 2.83. The minimum atomic E-state index is -0.172. The van der Waals surface area contributed by atoms with Crippen molar-refractivity contribution in [3.8, 4) is 0 Å². The lowest BCUT2D eigenvalue weighted by molar-refractivity contribution is 0.102. The van der Waals surface area contributed by atoms with Crippen molar-refractivity contribution >= 4 is 11.6 Å². The molecule has 0 saturated carbocycles. The lowest BCUT2D eigenvalue weighted by atomic mass is 10.1. The Morgan fingerprint density at radius 3 is 2.67 bits per heavy atom. The fraction of sp³-hybridized carbons (Fsp3) is 0.500. The number of aryl methyl sites for hydroxylation is 3. The Morgan fingerprint density at radius 2 is 2.00 bits per heavy atom. The molecule has 2 N–H and O–H groups in total. The van der Waals surface area contributed by atoms with E-state index in [2.05, 4.69) is 20.8 Å². The zero-order valence-corrected chi connectivity index (χ0v) is 12.8. The van der Waals surface area contributed by atoms with E-state index in [1.807, 2.05) is 32.6 Å². The van der Waals surface area contributed by atoms with E-state index in [0.29, 0.717) is 12.2 Å². The van der Waals surface area contributed by atoms with Gasteiger partial charge in [-0.15, -0.1) is 0 Å². The number of anilines is 1. The fourth-order valence-corrected chi connectivity index (χ4v) is 2.83. The van der Waals surface area contributed by atoms with Crippen LogP contribution in [0.3, 0.4) is 0 Å². The second kappa shape index (κ2) is 5.00. The van der Waals surface area contributed by atoms with Gasteiger partial charge in [-0.05, 0) is 13.8 Å². The summed E-state index contributed by atoms with van der Waals surface area (Å²) in [5.74, 6) is -0.172. The number of nitrogens with one attached hydrogen (secondary N) is 2. The molecule has 0 aromatic carbocycles. The van der Waals surface area contributed by atoms with Crippen molar-refractivity contribution < 1.29 is 4.79 Å². The molecule has 0 bridgehead atoms. The van der Waals surface area contributed by atoms with E-state index in [4.69, 9.17) is 0 Å². The second-order valence-corrected chi connectivity index (χ2v) is 5.45. The quantitative estimate of drug-likeness (QED) is 0.851.